The Bertz CT molecular complexity index is 790. The molecular weight excluding hydrogens is 340 g/mol. The van der Waals surface area contributed by atoms with Crippen molar-refractivity contribution in [2.45, 2.75) is 40.0 Å². The minimum Gasteiger partial charge on any atom is -0.494 e. The van der Waals surface area contributed by atoms with Gasteiger partial charge in [-0.3, -0.25) is 4.79 Å². The lowest BCUT2D eigenvalue weighted by Gasteiger charge is -2.18. The largest absolute Gasteiger partial charge is 0.494 e. The molecule has 144 valence electrons. The number of amides is 1. The van der Waals surface area contributed by atoms with Gasteiger partial charge in [0.2, 0.25) is 0 Å². The fourth-order valence-electron chi connectivity index (χ4n) is 2.50. The van der Waals surface area contributed by atoms with Gasteiger partial charge in [-0.05, 0) is 49.1 Å². The average Bonchev–Trinajstić information content (AvgIpc) is 2.63. The number of nitrogens with zero attached hydrogens (tertiary/aromatic N) is 1. The fourth-order valence-corrected chi connectivity index (χ4v) is 2.50. The highest BCUT2D eigenvalue weighted by Crippen LogP contribution is 2.24. The Balaban J connectivity index is 2.07. The van der Waals surface area contributed by atoms with Crippen LogP contribution in [0.1, 0.15) is 56.1 Å². The van der Waals surface area contributed by atoms with Gasteiger partial charge in [-0.1, -0.05) is 32.9 Å². The summed E-state index contributed by atoms with van der Waals surface area (Å²) in [6.07, 6.45) is 1.57. The normalized spacial score (nSPS) is 11.4. The molecule has 0 aliphatic rings. The maximum absolute atomic E-state index is 12.3. The van der Waals surface area contributed by atoms with E-state index in [-0.39, 0.29) is 11.3 Å². The van der Waals surface area contributed by atoms with Crippen molar-refractivity contribution < 1.29 is 14.3 Å². The Labute approximate surface area is 161 Å². The maximum Gasteiger partial charge on any atom is 0.271 e. The Kier molecular flexibility index (Phi) is 6.99. The van der Waals surface area contributed by atoms with Crippen LogP contribution in [-0.2, 0) is 5.41 Å². The number of hydrogen-bond acceptors (Lipinski definition) is 4. The lowest BCUT2D eigenvalue weighted by molar-refractivity contribution is 0.0955. The van der Waals surface area contributed by atoms with Crippen molar-refractivity contribution in [3.8, 4) is 11.5 Å². The van der Waals surface area contributed by atoms with Crippen LogP contribution in [0, 0.1) is 0 Å². The quantitative estimate of drug-likeness (QED) is 0.576. The molecule has 0 aliphatic carbocycles. The number of benzene rings is 2. The molecule has 2 aromatic rings. The summed E-state index contributed by atoms with van der Waals surface area (Å²) in [6, 6.07) is 13.1. The smallest absolute Gasteiger partial charge is 0.271 e. The summed E-state index contributed by atoms with van der Waals surface area (Å²) < 4.78 is 11.1. The van der Waals surface area contributed by atoms with Crippen molar-refractivity contribution in [1.82, 2.24) is 5.43 Å². The van der Waals surface area contributed by atoms with Gasteiger partial charge in [0.05, 0.1) is 19.4 Å². The highest BCUT2D eigenvalue weighted by Gasteiger charge is 2.14. The highest BCUT2D eigenvalue weighted by atomic mass is 16.5. The third-order valence-electron chi connectivity index (χ3n) is 3.98. The van der Waals surface area contributed by atoms with E-state index in [9.17, 15) is 4.79 Å². The second kappa shape index (κ2) is 9.21. The third-order valence-corrected chi connectivity index (χ3v) is 3.98. The average molecular weight is 368 g/mol. The molecule has 0 aliphatic heterocycles. The highest BCUT2D eigenvalue weighted by molar-refractivity contribution is 5.95. The summed E-state index contributed by atoms with van der Waals surface area (Å²) in [5.74, 6) is 1.15. The van der Waals surface area contributed by atoms with Crippen molar-refractivity contribution in [3.63, 3.8) is 0 Å². The van der Waals surface area contributed by atoms with E-state index >= 15 is 0 Å². The van der Waals surface area contributed by atoms with Crippen LogP contribution < -0.4 is 14.9 Å². The number of hydrogen-bond donors (Lipinski definition) is 1. The number of rotatable bonds is 7. The first-order chi connectivity index (χ1) is 12.8. The SMILES string of the molecule is CCOc1ccc(/C=N\NC(=O)c2ccc(C(C)(C)C)cc2)c(OCC)c1. The first kappa shape index (κ1) is 20.5. The third kappa shape index (κ3) is 5.84. The van der Waals surface area contributed by atoms with Crippen molar-refractivity contribution in [2.75, 3.05) is 13.2 Å². The zero-order valence-electron chi connectivity index (χ0n) is 16.7. The van der Waals surface area contributed by atoms with Crippen LogP contribution in [0.4, 0.5) is 0 Å². The molecule has 0 radical (unpaired) electrons. The molecule has 5 nitrogen and oxygen atoms in total. The summed E-state index contributed by atoms with van der Waals surface area (Å²) in [4.78, 5) is 12.3. The molecule has 0 fully saturated rings. The molecule has 27 heavy (non-hydrogen) atoms. The molecule has 5 heteroatoms. The Morgan fingerprint density at radius 2 is 1.70 bits per heavy atom. The van der Waals surface area contributed by atoms with Crippen LogP contribution in [0.3, 0.4) is 0 Å². The van der Waals surface area contributed by atoms with E-state index in [0.717, 1.165) is 11.3 Å². The Morgan fingerprint density at radius 3 is 2.30 bits per heavy atom. The van der Waals surface area contributed by atoms with E-state index in [1.54, 1.807) is 6.21 Å². The minimum atomic E-state index is -0.254. The van der Waals surface area contributed by atoms with Gasteiger partial charge >= 0.3 is 0 Å². The molecule has 2 aromatic carbocycles. The maximum atomic E-state index is 12.3. The summed E-state index contributed by atoms with van der Waals surface area (Å²) in [7, 11) is 0. The number of carbonyl (C=O) groups is 1. The van der Waals surface area contributed by atoms with E-state index in [0.29, 0.717) is 24.5 Å². The van der Waals surface area contributed by atoms with Gasteiger partial charge in [0.15, 0.2) is 0 Å². The molecule has 1 amide bonds. The summed E-state index contributed by atoms with van der Waals surface area (Å²) in [6.45, 7) is 11.4. The van der Waals surface area contributed by atoms with Crippen molar-refractivity contribution in [2.24, 2.45) is 5.10 Å². The second-order valence-electron chi connectivity index (χ2n) is 7.09. The van der Waals surface area contributed by atoms with E-state index in [1.807, 2.05) is 56.3 Å². The minimum absolute atomic E-state index is 0.0521. The number of ether oxygens (including phenoxy) is 2. The van der Waals surface area contributed by atoms with E-state index in [4.69, 9.17) is 9.47 Å². The molecule has 1 N–H and O–H groups in total. The molecule has 0 atom stereocenters. The van der Waals surface area contributed by atoms with Gasteiger partial charge in [-0.15, -0.1) is 0 Å². The van der Waals surface area contributed by atoms with E-state index in [1.165, 1.54) is 5.56 Å². The predicted octanol–water partition coefficient (Wildman–Crippen LogP) is 4.55. The number of hydrazone groups is 1. The van der Waals surface area contributed by atoms with Crippen LogP contribution in [0.15, 0.2) is 47.6 Å². The molecule has 0 spiro atoms. The summed E-state index contributed by atoms with van der Waals surface area (Å²) >= 11 is 0. The van der Waals surface area contributed by atoms with Gasteiger partial charge in [0.25, 0.3) is 5.91 Å². The zero-order chi connectivity index (χ0) is 19.9. The molecule has 0 heterocycles. The molecule has 0 saturated heterocycles. The van der Waals surface area contributed by atoms with Crippen LogP contribution in [0.5, 0.6) is 11.5 Å². The zero-order valence-corrected chi connectivity index (χ0v) is 16.7. The van der Waals surface area contributed by atoms with Crippen molar-refractivity contribution in [1.29, 1.82) is 0 Å². The number of nitrogens with one attached hydrogen (secondary N) is 1. The Hall–Kier alpha value is -2.82. The van der Waals surface area contributed by atoms with Gasteiger partial charge in [-0.25, -0.2) is 5.43 Å². The van der Waals surface area contributed by atoms with Crippen LogP contribution >= 0.6 is 0 Å². The number of carbonyl (C=O) groups excluding carboxylic acids is 1. The van der Waals surface area contributed by atoms with Crippen molar-refractivity contribution >= 4 is 12.1 Å². The summed E-state index contributed by atoms with van der Waals surface area (Å²) in [5, 5.41) is 4.06. The topological polar surface area (TPSA) is 59.9 Å². The molecule has 0 bridgehead atoms. The molecule has 2 rings (SSSR count). The second-order valence-corrected chi connectivity index (χ2v) is 7.09. The van der Waals surface area contributed by atoms with E-state index in [2.05, 4.69) is 31.3 Å². The summed E-state index contributed by atoms with van der Waals surface area (Å²) in [5.41, 5.74) is 5.12. The van der Waals surface area contributed by atoms with Gasteiger partial charge in [0.1, 0.15) is 11.5 Å². The van der Waals surface area contributed by atoms with Gasteiger partial charge in [-0.2, -0.15) is 5.10 Å². The molecular formula is C22H28N2O3. The Morgan fingerprint density at radius 1 is 1.04 bits per heavy atom. The molecule has 0 aromatic heterocycles. The van der Waals surface area contributed by atoms with Crippen molar-refractivity contribution in [3.05, 3.63) is 59.2 Å². The predicted molar refractivity (Wildman–Crippen MR) is 109 cm³/mol. The standard InChI is InChI=1S/C22H28N2O3/c1-6-26-19-13-10-17(20(14-19)27-7-2)15-23-24-21(25)16-8-11-18(12-9-16)22(3,4)5/h8-15H,6-7H2,1-5H3,(H,24,25)/b23-15-. The molecule has 0 saturated carbocycles. The van der Waals surface area contributed by atoms with Crippen LogP contribution in [0.2, 0.25) is 0 Å². The van der Waals surface area contributed by atoms with Gasteiger partial charge in [0, 0.05) is 17.2 Å². The van der Waals surface area contributed by atoms with Crippen LogP contribution in [0.25, 0.3) is 0 Å². The molecule has 0 unspecified atom stereocenters. The van der Waals surface area contributed by atoms with Gasteiger partial charge < -0.3 is 9.47 Å². The lowest BCUT2D eigenvalue weighted by atomic mass is 9.87. The first-order valence-corrected chi connectivity index (χ1v) is 9.18. The first-order valence-electron chi connectivity index (χ1n) is 9.18. The lowest BCUT2D eigenvalue weighted by Crippen LogP contribution is -2.18. The monoisotopic (exact) mass is 368 g/mol. The van der Waals surface area contributed by atoms with E-state index < -0.39 is 0 Å². The fraction of sp³-hybridized carbons (Fsp3) is 0.364. The van der Waals surface area contributed by atoms with Crippen LogP contribution in [-0.4, -0.2) is 25.3 Å².